The van der Waals surface area contributed by atoms with E-state index in [1.54, 1.807) is 6.20 Å². The van der Waals surface area contributed by atoms with Crippen LogP contribution >= 0.6 is 0 Å². The third kappa shape index (κ3) is 5.85. The molecule has 7 heteroatoms. The first kappa shape index (κ1) is 16.9. The lowest BCUT2D eigenvalue weighted by Gasteiger charge is -2.16. The molecule has 1 rings (SSSR count). The number of aromatic nitrogens is 2. The van der Waals surface area contributed by atoms with Gasteiger partial charge in [-0.2, -0.15) is 0 Å². The van der Waals surface area contributed by atoms with Crippen molar-refractivity contribution in [3.63, 3.8) is 0 Å². The van der Waals surface area contributed by atoms with Crippen LogP contribution in [0.1, 0.15) is 5.82 Å². The topological polar surface area (TPSA) is 79.4 Å². The quantitative estimate of drug-likeness (QED) is 0.444. The summed E-state index contributed by atoms with van der Waals surface area (Å²) in [5, 5.41) is 0. The summed E-state index contributed by atoms with van der Waals surface area (Å²) >= 11 is 0. The number of hydrogen-bond acceptors (Lipinski definition) is 5. The molecule has 0 radical (unpaired) electrons. The summed E-state index contributed by atoms with van der Waals surface area (Å²) in [6.07, 6.45) is 3.85. The van der Waals surface area contributed by atoms with Gasteiger partial charge in [-0.15, -0.1) is 0 Å². The lowest BCUT2D eigenvalue weighted by molar-refractivity contribution is -0.142. The zero-order chi connectivity index (χ0) is 15.2. The van der Waals surface area contributed by atoms with Crippen LogP contribution in [0.15, 0.2) is 12.4 Å². The number of carbonyl (C=O) groups is 1. The van der Waals surface area contributed by atoms with Crippen LogP contribution in [-0.4, -0.2) is 43.4 Å². The fourth-order valence-electron chi connectivity index (χ4n) is 1.62. The van der Waals surface area contributed by atoms with Crippen LogP contribution in [-0.2, 0) is 27.4 Å². The van der Waals surface area contributed by atoms with Gasteiger partial charge >= 0.3 is 5.97 Å². The van der Waals surface area contributed by atoms with Gasteiger partial charge in [-0.1, -0.05) is 19.6 Å². The number of hydrogen-bond donors (Lipinski definition) is 1. The first-order valence-electron chi connectivity index (χ1n) is 6.74. The molecule has 0 saturated carbocycles. The highest BCUT2D eigenvalue weighted by molar-refractivity contribution is 6.76. The standard InChI is InChI=1S/C13H25N3O3Si/c1-18-13(17)11(14)9-12-15-5-6-16(12)10-19-7-8-20(2,3)4/h5-6,11H,7-10,14H2,1-4H3. The molecule has 1 atom stereocenters. The van der Waals surface area contributed by atoms with Crippen molar-refractivity contribution in [1.29, 1.82) is 0 Å². The molecule has 1 unspecified atom stereocenters. The van der Waals surface area contributed by atoms with Crippen LogP contribution in [0.5, 0.6) is 0 Å². The minimum absolute atomic E-state index is 0.344. The SMILES string of the molecule is COC(=O)C(N)Cc1nccn1COCC[Si](C)(C)C. The summed E-state index contributed by atoms with van der Waals surface area (Å²) in [4.78, 5) is 15.5. The normalized spacial score (nSPS) is 13.2. The molecule has 6 nitrogen and oxygen atoms in total. The number of carbonyl (C=O) groups excluding carboxylic acids is 1. The Morgan fingerprint density at radius 3 is 2.80 bits per heavy atom. The third-order valence-electron chi connectivity index (χ3n) is 2.93. The van der Waals surface area contributed by atoms with Crippen LogP contribution in [0, 0.1) is 0 Å². The lowest BCUT2D eigenvalue weighted by atomic mass is 10.2. The fourth-order valence-corrected chi connectivity index (χ4v) is 2.38. The number of rotatable bonds is 8. The second-order valence-electron chi connectivity index (χ2n) is 6.00. The Bertz CT molecular complexity index is 429. The molecule has 0 saturated heterocycles. The summed E-state index contributed by atoms with van der Waals surface area (Å²) in [5.74, 6) is 0.301. The second kappa shape index (κ2) is 7.56. The number of nitrogens with two attached hydrogens (primary N) is 1. The van der Waals surface area contributed by atoms with Crippen molar-refractivity contribution in [1.82, 2.24) is 9.55 Å². The molecule has 0 aromatic carbocycles. The van der Waals surface area contributed by atoms with E-state index in [0.29, 0.717) is 13.2 Å². The maximum atomic E-state index is 11.3. The maximum absolute atomic E-state index is 11.3. The Balaban J connectivity index is 2.44. The summed E-state index contributed by atoms with van der Waals surface area (Å²) in [6.45, 7) is 8.13. The van der Waals surface area contributed by atoms with Crippen LogP contribution < -0.4 is 5.73 Å². The number of ether oxygens (including phenoxy) is 2. The van der Waals surface area contributed by atoms with Crippen LogP contribution in [0.25, 0.3) is 0 Å². The molecule has 114 valence electrons. The van der Waals surface area contributed by atoms with E-state index in [1.165, 1.54) is 7.11 Å². The van der Waals surface area contributed by atoms with Crippen molar-refractivity contribution in [2.45, 2.75) is 44.9 Å². The van der Waals surface area contributed by atoms with Gasteiger partial charge in [-0.05, 0) is 6.04 Å². The van der Waals surface area contributed by atoms with Crippen LogP contribution in [0.2, 0.25) is 25.7 Å². The number of imidazole rings is 1. The first-order valence-corrected chi connectivity index (χ1v) is 10.5. The number of methoxy groups -OCH3 is 1. The molecule has 1 aromatic rings. The van der Waals surface area contributed by atoms with Crippen molar-refractivity contribution in [3.8, 4) is 0 Å². The zero-order valence-corrected chi connectivity index (χ0v) is 13.8. The van der Waals surface area contributed by atoms with E-state index in [4.69, 9.17) is 10.5 Å². The van der Waals surface area contributed by atoms with Gasteiger partial charge in [-0.3, -0.25) is 4.79 Å². The molecule has 1 heterocycles. The molecule has 0 spiro atoms. The van der Waals surface area contributed by atoms with E-state index in [9.17, 15) is 4.79 Å². The lowest BCUT2D eigenvalue weighted by Crippen LogP contribution is -2.34. The Hall–Kier alpha value is -1.18. The van der Waals surface area contributed by atoms with E-state index < -0.39 is 20.1 Å². The summed E-state index contributed by atoms with van der Waals surface area (Å²) in [7, 11) is 0.258. The van der Waals surface area contributed by atoms with Gasteiger partial charge in [0.05, 0.1) is 7.11 Å². The average Bonchev–Trinajstić information content (AvgIpc) is 2.80. The Morgan fingerprint density at radius 2 is 2.20 bits per heavy atom. The molecular weight excluding hydrogens is 274 g/mol. The van der Waals surface area contributed by atoms with Gasteiger partial charge in [0, 0.05) is 33.5 Å². The fraction of sp³-hybridized carbons (Fsp3) is 0.692. The Labute approximate surface area is 121 Å². The van der Waals surface area contributed by atoms with Crippen molar-refractivity contribution < 1.29 is 14.3 Å². The van der Waals surface area contributed by atoms with Crippen LogP contribution in [0.3, 0.4) is 0 Å². The molecule has 0 fully saturated rings. The van der Waals surface area contributed by atoms with Crippen molar-refractivity contribution >= 4 is 14.0 Å². The average molecular weight is 299 g/mol. The zero-order valence-electron chi connectivity index (χ0n) is 12.8. The minimum atomic E-state index is -1.07. The van der Waals surface area contributed by atoms with Crippen LogP contribution in [0.4, 0.5) is 0 Å². The molecule has 2 N–H and O–H groups in total. The summed E-state index contributed by atoms with van der Waals surface area (Å²) < 4.78 is 12.1. The van der Waals surface area contributed by atoms with Crippen molar-refractivity contribution in [2.75, 3.05) is 13.7 Å². The first-order chi connectivity index (χ1) is 9.33. The second-order valence-corrected chi connectivity index (χ2v) is 11.6. The smallest absolute Gasteiger partial charge is 0.323 e. The Morgan fingerprint density at radius 1 is 1.50 bits per heavy atom. The predicted molar refractivity (Wildman–Crippen MR) is 80.0 cm³/mol. The van der Waals surface area contributed by atoms with Gasteiger partial charge < -0.3 is 19.8 Å². The molecule has 0 bridgehead atoms. The molecule has 0 aliphatic carbocycles. The van der Waals surface area contributed by atoms with E-state index in [2.05, 4.69) is 29.4 Å². The van der Waals surface area contributed by atoms with Gasteiger partial charge in [0.2, 0.25) is 0 Å². The molecular formula is C13H25N3O3Si. The maximum Gasteiger partial charge on any atom is 0.323 e. The van der Waals surface area contributed by atoms with E-state index in [-0.39, 0.29) is 0 Å². The largest absolute Gasteiger partial charge is 0.468 e. The van der Waals surface area contributed by atoms with E-state index in [1.807, 2.05) is 10.8 Å². The van der Waals surface area contributed by atoms with Gasteiger partial charge in [-0.25, -0.2) is 4.98 Å². The van der Waals surface area contributed by atoms with Gasteiger partial charge in [0.25, 0.3) is 0 Å². The van der Waals surface area contributed by atoms with E-state index >= 15 is 0 Å². The van der Waals surface area contributed by atoms with Gasteiger partial charge in [0.15, 0.2) is 0 Å². The van der Waals surface area contributed by atoms with Crippen molar-refractivity contribution in [2.24, 2.45) is 5.73 Å². The molecule has 1 aromatic heterocycles. The van der Waals surface area contributed by atoms with Gasteiger partial charge in [0.1, 0.15) is 18.6 Å². The molecule has 0 aliphatic heterocycles. The molecule has 0 aliphatic rings. The summed E-state index contributed by atoms with van der Waals surface area (Å²) in [5.41, 5.74) is 5.74. The monoisotopic (exact) mass is 299 g/mol. The highest BCUT2D eigenvalue weighted by Crippen LogP contribution is 2.08. The Kier molecular flexibility index (Phi) is 6.38. The van der Waals surface area contributed by atoms with E-state index in [0.717, 1.165) is 18.5 Å². The minimum Gasteiger partial charge on any atom is -0.468 e. The molecule has 20 heavy (non-hydrogen) atoms. The highest BCUT2D eigenvalue weighted by atomic mass is 28.3. The predicted octanol–water partition coefficient (Wildman–Crippen LogP) is 1.24. The third-order valence-corrected chi connectivity index (χ3v) is 4.64. The van der Waals surface area contributed by atoms with Crippen molar-refractivity contribution in [3.05, 3.63) is 18.2 Å². The number of esters is 1. The number of nitrogens with zero attached hydrogens (tertiary/aromatic N) is 2. The summed E-state index contributed by atoms with van der Waals surface area (Å²) in [6, 6.07) is 0.432. The molecule has 0 amide bonds. The highest BCUT2D eigenvalue weighted by Gasteiger charge is 2.17.